The highest BCUT2D eigenvalue weighted by Gasteiger charge is 2.37. The van der Waals surface area contributed by atoms with Gasteiger partial charge in [0.25, 0.3) is 0 Å². The molecule has 152 valence electrons. The van der Waals surface area contributed by atoms with Crippen molar-refractivity contribution in [3.8, 4) is 11.6 Å². The number of aromatic nitrogens is 3. The zero-order valence-corrected chi connectivity index (χ0v) is 15.9. The summed E-state index contributed by atoms with van der Waals surface area (Å²) in [6.45, 7) is 2.16. The van der Waals surface area contributed by atoms with Crippen LogP contribution < -0.4 is 9.47 Å². The molecule has 2 aromatic rings. The lowest BCUT2D eigenvalue weighted by Gasteiger charge is -2.28. The minimum absolute atomic E-state index is 0.0484. The van der Waals surface area contributed by atoms with E-state index in [0.717, 1.165) is 5.56 Å². The van der Waals surface area contributed by atoms with Crippen LogP contribution in [0.1, 0.15) is 48.7 Å². The summed E-state index contributed by atoms with van der Waals surface area (Å²) in [5.74, 6) is -2.45. The fourth-order valence-corrected chi connectivity index (χ4v) is 3.05. The van der Waals surface area contributed by atoms with Crippen molar-refractivity contribution in [2.75, 3.05) is 13.7 Å². The van der Waals surface area contributed by atoms with E-state index in [2.05, 4.69) is 10.3 Å². The number of carbonyl (C=O) groups is 1. The molecule has 1 aromatic carbocycles. The Morgan fingerprint density at radius 3 is 2.54 bits per heavy atom. The maximum absolute atomic E-state index is 13.4. The molecule has 0 atom stereocenters. The van der Waals surface area contributed by atoms with Crippen molar-refractivity contribution in [1.29, 1.82) is 0 Å². The zero-order chi connectivity index (χ0) is 20.1. The van der Waals surface area contributed by atoms with E-state index in [-0.39, 0.29) is 43.9 Å². The molecule has 1 aliphatic rings. The molecule has 0 bridgehead atoms. The third-order valence-electron chi connectivity index (χ3n) is 4.59. The first-order valence-corrected chi connectivity index (χ1v) is 9.20. The quantitative estimate of drug-likeness (QED) is 0.669. The Hall–Kier alpha value is -2.71. The van der Waals surface area contributed by atoms with Gasteiger partial charge in [0.15, 0.2) is 0 Å². The number of rotatable bonds is 7. The Morgan fingerprint density at radius 1 is 1.25 bits per heavy atom. The molecule has 0 amide bonds. The van der Waals surface area contributed by atoms with Gasteiger partial charge < -0.3 is 14.2 Å². The number of hydrogen-bond donors (Lipinski definition) is 0. The van der Waals surface area contributed by atoms with Crippen LogP contribution in [0.3, 0.4) is 0 Å². The fourth-order valence-electron chi connectivity index (χ4n) is 3.05. The first kappa shape index (κ1) is 20.0. The van der Waals surface area contributed by atoms with Crippen LogP contribution >= 0.6 is 0 Å². The average Bonchev–Trinajstić information content (AvgIpc) is 3.06. The number of benzene rings is 1. The summed E-state index contributed by atoms with van der Waals surface area (Å²) in [6.07, 6.45) is -0.522. The van der Waals surface area contributed by atoms with Gasteiger partial charge in [-0.25, -0.2) is 18.3 Å². The van der Waals surface area contributed by atoms with Crippen LogP contribution in [0.4, 0.5) is 8.78 Å². The van der Waals surface area contributed by atoms with E-state index in [1.54, 1.807) is 14.0 Å². The van der Waals surface area contributed by atoms with Gasteiger partial charge in [-0.1, -0.05) is 17.3 Å². The largest absolute Gasteiger partial charge is 0.497 e. The number of esters is 1. The average molecular weight is 395 g/mol. The summed E-state index contributed by atoms with van der Waals surface area (Å²) in [6, 6.07) is 7.33. The van der Waals surface area contributed by atoms with E-state index in [4.69, 9.17) is 14.2 Å². The SMILES string of the molecule is CCOC(=O)c1nnn(Cc2ccc(OC)cc2)c1OC1CCC(F)(F)CC1. The van der Waals surface area contributed by atoms with Gasteiger partial charge in [-0.05, 0) is 37.5 Å². The van der Waals surface area contributed by atoms with Gasteiger partial charge in [-0.2, -0.15) is 0 Å². The number of ether oxygens (including phenoxy) is 3. The summed E-state index contributed by atoms with van der Waals surface area (Å²) in [4.78, 5) is 12.2. The Morgan fingerprint density at radius 2 is 1.93 bits per heavy atom. The second-order valence-electron chi connectivity index (χ2n) is 6.64. The first-order chi connectivity index (χ1) is 13.4. The molecule has 0 aliphatic heterocycles. The summed E-state index contributed by atoms with van der Waals surface area (Å²) < 4.78 is 44.4. The van der Waals surface area contributed by atoms with Crippen LogP contribution in [0, 0.1) is 0 Å². The number of nitrogens with zero attached hydrogens (tertiary/aromatic N) is 3. The Bertz CT molecular complexity index is 798. The van der Waals surface area contributed by atoms with E-state index in [0.29, 0.717) is 12.3 Å². The van der Waals surface area contributed by atoms with E-state index in [1.807, 2.05) is 24.3 Å². The van der Waals surface area contributed by atoms with Crippen molar-refractivity contribution in [1.82, 2.24) is 15.0 Å². The highest BCUT2D eigenvalue weighted by Crippen LogP contribution is 2.35. The topological polar surface area (TPSA) is 75.5 Å². The molecule has 3 rings (SSSR count). The predicted molar refractivity (Wildman–Crippen MR) is 95.9 cm³/mol. The number of alkyl halides is 2. The Kier molecular flexibility index (Phi) is 6.11. The predicted octanol–water partition coefficient (Wildman–Crippen LogP) is 3.47. The fraction of sp³-hybridized carbons (Fsp3) is 0.526. The second-order valence-corrected chi connectivity index (χ2v) is 6.64. The molecule has 0 N–H and O–H groups in total. The van der Waals surface area contributed by atoms with Gasteiger partial charge in [0.05, 0.1) is 20.3 Å². The lowest BCUT2D eigenvalue weighted by atomic mass is 9.94. The lowest BCUT2D eigenvalue weighted by Crippen LogP contribution is -2.31. The molecule has 28 heavy (non-hydrogen) atoms. The first-order valence-electron chi connectivity index (χ1n) is 9.20. The van der Waals surface area contributed by atoms with Crippen molar-refractivity contribution in [3.05, 3.63) is 35.5 Å². The summed E-state index contributed by atoms with van der Waals surface area (Å²) >= 11 is 0. The van der Waals surface area contributed by atoms with E-state index >= 15 is 0 Å². The molecule has 7 nitrogen and oxygen atoms in total. The third-order valence-corrected chi connectivity index (χ3v) is 4.59. The van der Waals surface area contributed by atoms with Crippen LogP contribution in [0.15, 0.2) is 24.3 Å². The normalized spacial score (nSPS) is 16.6. The maximum atomic E-state index is 13.4. The van der Waals surface area contributed by atoms with Gasteiger partial charge in [0.2, 0.25) is 17.5 Å². The molecule has 0 saturated heterocycles. The Labute approximate surface area is 161 Å². The summed E-state index contributed by atoms with van der Waals surface area (Å²) in [7, 11) is 1.58. The number of hydrogen-bond acceptors (Lipinski definition) is 6. The monoisotopic (exact) mass is 395 g/mol. The zero-order valence-electron chi connectivity index (χ0n) is 15.9. The van der Waals surface area contributed by atoms with Crippen LogP contribution in [0.25, 0.3) is 0 Å². The number of halogens is 2. The third kappa shape index (κ3) is 4.76. The van der Waals surface area contributed by atoms with E-state index in [1.165, 1.54) is 4.68 Å². The maximum Gasteiger partial charge on any atom is 0.364 e. The summed E-state index contributed by atoms with van der Waals surface area (Å²) in [5, 5.41) is 7.91. The number of methoxy groups -OCH3 is 1. The van der Waals surface area contributed by atoms with Gasteiger partial charge in [-0.15, -0.1) is 5.10 Å². The molecule has 1 heterocycles. The Balaban J connectivity index is 1.81. The van der Waals surface area contributed by atoms with Gasteiger partial charge in [-0.3, -0.25) is 0 Å². The number of carbonyl (C=O) groups excluding carboxylic acids is 1. The van der Waals surface area contributed by atoms with E-state index < -0.39 is 18.0 Å². The van der Waals surface area contributed by atoms with Crippen LogP contribution in [-0.2, 0) is 11.3 Å². The van der Waals surface area contributed by atoms with Gasteiger partial charge in [0.1, 0.15) is 11.9 Å². The molecule has 0 spiro atoms. The van der Waals surface area contributed by atoms with Crippen molar-refractivity contribution in [3.63, 3.8) is 0 Å². The molecule has 0 radical (unpaired) electrons. The van der Waals surface area contributed by atoms with Crippen molar-refractivity contribution < 1.29 is 27.8 Å². The molecular weight excluding hydrogens is 372 g/mol. The van der Waals surface area contributed by atoms with Crippen LogP contribution in [0.5, 0.6) is 11.6 Å². The standard InChI is InChI=1S/C19H23F2N3O4/c1-3-27-18(25)16-17(28-15-8-10-19(20,21)11-9-15)24(23-22-16)12-13-4-6-14(26-2)7-5-13/h4-7,15H,3,8-12H2,1-2H3. The smallest absolute Gasteiger partial charge is 0.364 e. The van der Waals surface area contributed by atoms with Crippen LogP contribution in [-0.4, -0.2) is 46.7 Å². The lowest BCUT2D eigenvalue weighted by molar-refractivity contribution is -0.0595. The van der Waals surface area contributed by atoms with Gasteiger partial charge >= 0.3 is 5.97 Å². The van der Waals surface area contributed by atoms with E-state index in [9.17, 15) is 13.6 Å². The van der Waals surface area contributed by atoms with Crippen molar-refractivity contribution >= 4 is 5.97 Å². The molecule has 1 saturated carbocycles. The molecule has 0 unspecified atom stereocenters. The minimum Gasteiger partial charge on any atom is -0.497 e. The van der Waals surface area contributed by atoms with Crippen molar-refractivity contribution in [2.24, 2.45) is 0 Å². The molecule has 1 aromatic heterocycles. The van der Waals surface area contributed by atoms with Gasteiger partial charge in [0, 0.05) is 12.8 Å². The highest BCUT2D eigenvalue weighted by atomic mass is 19.3. The molecule has 1 aliphatic carbocycles. The summed E-state index contributed by atoms with van der Waals surface area (Å²) in [5.41, 5.74) is 0.842. The highest BCUT2D eigenvalue weighted by molar-refractivity contribution is 5.89. The van der Waals surface area contributed by atoms with Crippen LogP contribution in [0.2, 0.25) is 0 Å². The molecule has 9 heteroatoms. The van der Waals surface area contributed by atoms with Crippen molar-refractivity contribution in [2.45, 2.75) is 51.2 Å². The second kappa shape index (κ2) is 8.53. The minimum atomic E-state index is -2.66. The molecular formula is C19H23F2N3O4. The molecule has 1 fully saturated rings.